The smallest absolute Gasteiger partial charge is 0.336 e. The first kappa shape index (κ1) is 16.4. The van der Waals surface area contributed by atoms with Crippen molar-refractivity contribution in [2.45, 2.75) is 37.3 Å². The summed E-state index contributed by atoms with van der Waals surface area (Å²) < 4.78 is 27.5. The third-order valence-electron chi connectivity index (χ3n) is 3.99. The van der Waals surface area contributed by atoms with E-state index in [9.17, 15) is 18.3 Å². The molecule has 0 amide bonds. The molecule has 0 saturated heterocycles. The van der Waals surface area contributed by atoms with E-state index in [1.165, 1.54) is 12.1 Å². The van der Waals surface area contributed by atoms with E-state index in [4.69, 9.17) is 5.11 Å². The minimum atomic E-state index is -3.83. The Bertz CT molecular complexity index is 686. The van der Waals surface area contributed by atoms with Crippen LogP contribution in [0.5, 0.6) is 0 Å². The van der Waals surface area contributed by atoms with Crippen molar-refractivity contribution in [1.29, 1.82) is 0 Å². The van der Waals surface area contributed by atoms with Gasteiger partial charge in [0.25, 0.3) is 0 Å². The number of carbonyl (C=O) groups is 1. The van der Waals surface area contributed by atoms with Crippen molar-refractivity contribution in [3.8, 4) is 0 Å². The van der Waals surface area contributed by atoms with Crippen LogP contribution in [0.4, 0.5) is 0 Å². The molecule has 1 aromatic rings. The van der Waals surface area contributed by atoms with Gasteiger partial charge in [-0.3, -0.25) is 0 Å². The zero-order valence-corrected chi connectivity index (χ0v) is 13.9. The van der Waals surface area contributed by atoms with Crippen LogP contribution in [0.15, 0.2) is 27.6 Å². The summed E-state index contributed by atoms with van der Waals surface area (Å²) in [6.45, 7) is 3.55. The first-order valence-corrected chi connectivity index (χ1v) is 8.56. The quantitative estimate of drug-likeness (QED) is 0.738. The Hall–Kier alpha value is -0.960. The third-order valence-corrected chi connectivity index (χ3v) is 6.15. The monoisotopic (exact) mass is 377 g/mol. The lowest BCUT2D eigenvalue weighted by Gasteiger charge is -2.49. The van der Waals surface area contributed by atoms with Crippen molar-refractivity contribution in [2.75, 3.05) is 0 Å². The second kappa shape index (κ2) is 5.35. The largest absolute Gasteiger partial charge is 0.478 e. The van der Waals surface area contributed by atoms with Gasteiger partial charge < -0.3 is 10.2 Å². The second-order valence-corrected chi connectivity index (χ2v) is 8.26. The van der Waals surface area contributed by atoms with E-state index in [1.807, 2.05) is 0 Å². The molecule has 0 bridgehead atoms. The van der Waals surface area contributed by atoms with Crippen molar-refractivity contribution in [3.05, 3.63) is 28.2 Å². The molecule has 0 heterocycles. The van der Waals surface area contributed by atoms with Crippen LogP contribution in [0.3, 0.4) is 0 Å². The van der Waals surface area contributed by atoms with Crippen molar-refractivity contribution < 1.29 is 23.4 Å². The summed E-state index contributed by atoms with van der Waals surface area (Å²) in [5.74, 6) is -1.21. The number of nitrogens with one attached hydrogen (secondary N) is 1. The number of aliphatic hydroxyl groups is 1. The van der Waals surface area contributed by atoms with Gasteiger partial charge in [0.15, 0.2) is 0 Å². The molecule has 1 aliphatic rings. The Balaban J connectivity index is 2.29. The number of rotatable bonds is 4. The highest BCUT2D eigenvalue weighted by molar-refractivity contribution is 9.10. The van der Waals surface area contributed by atoms with E-state index in [0.29, 0.717) is 10.9 Å². The molecule has 2 unspecified atom stereocenters. The summed E-state index contributed by atoms with van der Waals surface area (Å²) in [7, 11) is -3.83. The number of hydrogen-bond donors (Lipinski definition) is 3. The lowest BCUT2D eigenvalue weighted by atomic mass is 9.65. The molecule has 0 spiro atoms. The predicted octanol–water partition coefficient (Wildman–Crippen LogP) is 1.58. The van der Waals surface area contributed by atoms with Gasteiger partial charge >= 0.3 is 5.97 Å². The summed E-state index contributed by atoms with van der Waals surface area (Å²) in [4.78, 5) is 10.9. The highest BCUT2D eigenvalue weighted by Crippen LogP contribution is 2.41. The first-order chi connectivity index (χ1) is 9.55. The fraction of sp³-hybridized carbons (Fsp3) is 0.462. The van der Waals surface area contributed by atoms with Gasteiger partial charge in [0.05, 0.1) is 16.6 Å². The van der Waals surface area contributed by atoms with E-state index in [-0.39, 0.29) is 16.5 Å². The van der Waals surface area contributed by atoms with Crippen LogP contribution in [0, 0.1) is 5.41 Å². The number of hydrogen-bond acceptors (Lipinski definition) is 4. The summed E-state index contributed by atoms with van der Waals surface area (Å²) in [5, 5.41) is 18.7. The molecule has 21 heavy (non-hydrogen) atoms. The summed E-state index contributed by atoms with van der Waals surface area (Å²) in [5.41, 5.74) is -0.663. The summed E-state index contributed by atoms with van der Waals surface area (Å²) >= 11 is 3.07. The van der Waals surface area contributed by atoms with Crippen LogP contribution in [-0.2, 0) is 10.0 Å². The number of carboxylic acids is 1. The zero-order valence-electron chi connectivity index (χ0n) is 11.5. The van der Waals surface area contributed by atoms with Crippen LogP contribution >= 0.6 is 15.9 Å². The molecule has 0 radical (unpaired) electrons. The Morgan fingerprint density at radius 2 is 2.05 bits per heavy atom. The maximum atomic E-state index is 12.3. The topological polar surface area (TPSA) is 104 Å². The molecule has 8 heteroatoms. The maximum Gasteiger partial charge on any atom is 0.336 e. The molecular weight excluding hydrogens is 362 g/mol. The van der Waals surface area contributed by atoms with Crippen molar-refractivity contribution >= 4 is 31.9 Å². The van der Waals surface area contributed by atoms with E-state index >= 15 is 0 Å². The number of benzene rings is 1. The van der Waals surface area contributed by atoms with Crippen LogP contribution in [-0.4, -0.2) is 36.7 Å². The number of carboxylic acid groups (broad SMARTS) is 1. The highest BCUT2D eigenvalue weighted by Gasteiger charge is 2.48. The van der Waals surface area contributed by atoms with Gasteiger partial charge in [0, 0.05) is 15.9 Å². The van der Waals surface area contributed by atoms with E-state index in [1.54, 1.807) is 13.8 Å². The summed E-state index contributed by atoms with van der Waals surface area (Å²) in [6.07, 6.45) is -0.209. The first-order valence-electron chi connectivity index (χ1n) is 6.29. The van der Waals surface area contributed by atoms with Gasteiger partial charge in [-0.25, -0.2) is 17.9 Å². The molecule has 0 aliphatic heterocycles. The lowest BCUT2D eigenvalue weighted by molar-refractivity contribution is -0.0645. The third kappa shape index (κ3) is 2.98. The zero-order chi connectivity index (χ0) is 16.0. The molecule has 3 N–H and O–H groups in total. The van der Waals surface area contributed by atoms with Gasteiger partial charge in [-0.2, -0.15) is 0 Å². The van der Waals surface area contributed by atoms with Gasteiger partial charge in [-0.05, 0) is 40.5 Å². The average Bonchev–Trinajstić information content (AvgIpc) is 2.38. The number of sulfonamides is 1. The van der Waals surface area contributed by atoms with Crippen molar-refractivity contribution in [3.63, 3.8) is 0 Å². The van der Waals surface area contributed by atoms with Crippen LogP contribution in [0.25, 0.3) is 0 Å². The molecular formula is C13H16BrNO5S. The Kier molecular flexibility index (Phi) is 4.18. The molecule has 1 aromatic carbocycles. The molecule has 1 fully saturated rings. The summed E-state index contributed by atoms with van der Waals surface area (Å²) in [6, 6.07) is 3.45. The number of halogens is 1. The van der Waals surface area contributed by atoms with Gasteiger partial charge in [0.1, 0.15) is 0 Å². The predicted molar refractivity (Wildman–Crippen MR) is 79.6 cm³/mol. The Morgan fingerprint density at radius 1 is 1.43 bits per heavy atom. The van der Waals surface area contributed by atoms with E-state index in [2.05, 4.69) is 20.7 Å². The van der Waals surface area contributed by atoms with Gasteiger partial charge in [-0.1, -0.05) is 13.8 Å². The lowest BCUT2D eigenvalue weighted by Crippen LogP contribution is -2.61. The molecule has 116 valence electrons. The highest BCUT2D eigenvalue weighted by atomic mass is 79.9. The van der Waals surface area contributed by atoms with Crippen LogP contribution in [0.1, 0.15) is 30.6 Å². The second-order valence-electron chi connectivity index (χ2n) is 5.69. The normalized spacial score (nSPS) is 24.4. The standard InChI is InChI=1S/C13H16BrNO5S/c1-13(2)10(6-11(13)16)15-21(19,20)7-3-4-9(14)8(5-7)12(17)18/h3-5,10-11,15-16H,6H2,1-2H3,(H,17,18). The minimum Gasteiger partial charge on any atom is -0.478 e. The molecule has 2 atom stereocenters. The van der Waals surface area contributed by atoms with Gasteiger partial charge in [-0.15, -0.1) is 0 Å². The van der Waals surface area contributed by atoms with Crippen molar-refractivity contribution in [2.24, 2.45) is 5.41 Å². The van der Waals surface area contributed by atoms with Gasteiger partial charge in [0.2, 0.25) is 10.0 Å². The maximum absolute atomic E-state index is 12.3. The molecule has 1 saturated carbocycles. The molecule has 1 aliphatic carbocycles. The van der Waals surface area contributed by atoms with Crippen molar-refractivity contribution in [1.82, 2.24) is 4.72 Å². The fourth-order valence-electron chi connectivity index (χ4n) is 2.19. The average molecular weight is 378 g/mol. The van der Waals surface area contributed by atoms with E-state index < -0.39 is 27.5 Å². The molecule has 2 rings (SSSR count). The van der Waals surface area contributed by atoms with Crippen LogP contribution in [0.2, 0.25) is 0 Å². The number of aliphatic hydroxyl groups excluding tert-OH is 1. The Labute approximate surface area is 131 Å². The van der Waals surface area contributed by atoms with Crippen LogP contribution < -0.4 is 4.72 Å². The SMILES string of the molecule is CC1(C)C(O)CC1NS(=O)(=O)c1ccc(Br)c(C(=O)O)c1. The molecule has 6 nitrogen and oxygen atoms in total. The number of aromatic carboxylic acids is 1. The fourth-order valence-corrected chi connectivity index (χ4v) is 4.04. The molecule has 0 aromatic heterocycles. The minimum absolute atomic E-state index is 0.111. The van der Waals surface area contributed by atoms with E-state index in [0.717, 1.165) is 6.07 Å². The Morgan fingerprint density at radius 3 is 2.52 bits per heavy atom.